The van der Waals surface area contributed by atoms with E-state index in [0.29, 0.717) is 12.6 Å². The van der Waals surface area contributed by atoms with Crippen molar-refractivity contribution in [2.45, 2.75) is 44.9 Å². The Morgan fingerprint density at radius 2 is 2.06 bits per heavy atom. The van der Waals surface area contributed by atoms with E-state index in [9.17, 15) is 5.11 Å². The van der Waals surface area contributed by atoms with E-state index >= 15 is 0 Å². The average molecular weight is 433 g/mol. The molecule has 0 aliphatic carbocycles. The molecule has 4 aromatic rings. The predicted molar refractivity (Wildman–Crippen MR) is 123 cm³/mol. The third kappa shape index (κ3) is 4.49. The summed E-state index contributed by atoms with van der Waals surface area (Å²) < 4.78 is 3.73. The summed E-state index contributed by atoms with van der Waals surface area (Å²) in [6.07, 6.45) is 11.5. The molecule has 166 valence electrons. The zero-order chi connectivity index (χ0) is 22.1. The van der Waals surface area contributed by atoms with E-state index in [4.69, 9.17) is 4.98 Å². The van der Waals surface area contributed by atoms with Gasteiger partial charge in [-0.05, 0) is 45.4 Å². The molecule has 4 aromatic heterocycles. The Hall–Kier alpha value is -3.30. The largest absolute Gasteiger partial charge is 0.389 e. The summed E-state index contributed by atoms with van der Waals surface area (Å²) in [5.41, 5.74) is 3.32. The molecule has 9 nitrogen and oxygen atoms in total. The molecular weight excluding hydrogens is 404 g/mol. The summed E-state index contributed by atoms with van der Waals surface area (Å²) in [5, 5.41) is 21.4. The summed E-state index contributed by atoms with van der Waals surface area (Å²) in [7, 11) is 0. The maximum atomic E-state index is 10.0. The Kier molecular flexibility index (Phi) is 5.36. The third-order valence-corrected chi connectivity index (χ3v) is 5.53. The first-order valence-corrected chi connectivity index (χ1v) is 11.0. The smallest absolute Gasteiger partial charge is 0.155 e. The molecule has 0 saturated carbocycles. The van der Waals surface area contributed by atoms with Crippen LogP contribution in [-0.4, -0.2) is 59.0 Å². The minimum absolute atomic E-state index is 0.393. The highest BCUT2D eigenvalue weighted by Gasteiger charge is 2.16. The molecule has 0 radical (unpaired) electrons. The summed E-state index contributed by atoms with van der Waals surface area (Å²) in [6, 6.07) is 6.41. The Bertz CT molecular complexity index is 1220. The van der Waals surface area contributed by atoms with Crippen molar-refractivity contribution in [2.24, 2.45) is 0 Å². The predicted octanol–water partition coefficient (Wildman–Crippen LogP) is 2.59. The maximum absolute atomic E-state index is 10.0. The lowest BCUT2D eigenvalue weighted by molar-refractivity contribution is 0.0577. The lowest BCUT2D eigenvalue weighted by atomic mass is 10.1. The molecule has 9 heteroatoms. The van der Waals surface area contributed by atoms with E-state index in [1.54, 1.807) is 30.9 Å². The van der Waals surface area contributed by atoms with Crippen molar-refractivity contribution in [3.63, 3.8) is 0 Å². The van der Waals surface area contributed by atoms with Crippen LogP contribution in [0.15, 0.2) is 49.2 Å². The number of imidazole rings is 1. The second kappa shape index (κ2) is 8.33. The summed E-state index contributed by atoms with van der Waals surface area (Å²) in [6.45, 7) is 5.97. The van der Waals surface area contributed by atoms with Crippen LogP contribution in [0.2, 0.25) is 0 Å². The number of fused-ring (bicyclic) bond motifs is 1. The van der Waals surface area contributed by atoms with E-state index in [1.165, 1.54) is 6.42 Å². The molecule has 1 fully saturated rings. The highest BCUT2D eigenvalue weighted by molar-refractivity contribution is 5.64. The van der Waals surface area contributed by atoms with Crippen LogP contribution in [0, 0.1) is 0 Å². The molecule has 0 amide bonds. The molecule has 32 heavy (non-hydrogen) atoms. The zero-order valence-corrected chi connectivity index (χ0v) is 18.4. The summed E-state index contributed by atoms with van der Waals surface area (Å²) in [4.78, 5) is 13.9. The van der Waals surface area contributed by atoms with Crippen molar-refractivity contribution < 1.29 is 5.11 Å². The van der Waals surface area contributed by atoms with Gasteiger partial charge >= 0.3 is 0 Å². The van der Waals surface area contributed by atoms with Gasteiger partial charge < -0.3 is 15.7 Å². The van der Waals surface area contributed by atoms with Crippen LogP contribution in [-0.2, 0) is 6.54 Å². The van der Waals surface area contributed by atoms with E-state index in [-0.39, 0.29) is 0 Å². The Morgan fingerprint density at radius 1 is 1.16 bits per heavy atom. The number of aromatic nitrogens is 6. The first-order valence-electron chi connectivity index (χ1n) is 11.0. The fourth-order valence-electron chi connectivity index (χ4n) is 4.05. The minimum Gasteiger partial charge on any atom is -0.389 e. The normalized spacial score (nSPS) is 17.0. The second-order valence-corrected chi connectivity index (χ2v) is 8.98. The molecule has 5 rings (SSSR count). The first kappa shape index (κ1) is 20.6. The Morgan fingerprint density at radius 3 is 2.88 bits per heavy atom. The quantitative estimate of drug-likeness (QED) is 0.430. The third-order valence-electron chi connectivity index (χ3n) is 5.53. The number of nitrogens with one attached hydrogen (secondary N) is 2. The van der Waals surface area contributed by atoms with E-state index in [0.717, 1.165) is 53.6 Å². The molecular formula is C23H28N8O. The van der Waals surface area contributed by atoms with Crippen LogP contribution in [0.1, 0.15) is 26.7 Å². The molecule has 1 atom stereocenters. The molecule has 5 heterocycles. The lowest BCUT2D eigenvalue weighted by Crippen LogP contribution is -2.38. The average Bonchev–Trinajstić information content (AvgIpc) is 3.40. The van der Waals surface area contributed by atoms with Crippen LogP contribution < -0.4 is 10.6 Å². The van der Waals surface area contributed by atoms with Gasteiger partial charge in [-0.15, -0.1) is 0 Å². The van der Waals surface area contributed by atoms with Crippen molar-refractivity contribution in [3.05, 3.63) is 49.2 Å². The van der Waals surface area contributed by atoms with Crippen molar-refractivity contribution in [1.82, 2.24) is 34.4 Å². The van der Waals surface area contributed by atoms with Gasteiger partial charge in [0.2, 0.25) is 0 Å². The van der Waals surface area contributed by atoms with Crippen molar-refractivity contribution >= 4 is 11.5 Å². The summed E-state index contributed by atoms with van der Waals surface area (Å²) >= 11 is 0. The molecule has 0 spiro atoms. The fourth-order valence-corrected chi connectivity index (χ4v) is 4.05. The fraction of sp³-hybridized carbons (Fsp3) is 0.391. The Labute approximate surface area is 186 Å². The molecule has 0 aromatic carbocycles. The van der Waals surface area contributed by atoms with Crippen LogP contribution in [0.5, 0.6) is 0 Å². The van der Waals surface area contributed by atoms with Crippen LogP contribution >= 0.6 is 0 Å². The number of aliphatic hydroxyl groups is 1. The van der Waals surface area contributed by atoms with E-state index in [2.05, 4.69) is 25.7 Å². The molecule has 1 saturated heterocycles. The van der Waals surface area contributed by atoms with Gasteiger partial charge in [-0.25, -0.2) is 9.97 Å². The van der Waals surface area contributed by atoms with Gasteiger partial charge in [0.1, 0.15) is 5.82 Å². The topological polar surface area (TPSA) is 105 Å². The van der Waals surface area contributed by atoms with Gasteiger partial charge in [0, 0.05) is 30.5 Å². The highest BCUT2D eigenvalue weighted by atomic mass is 16.3. The lowest BCUT2D eigenvalue weighted by Gasteiger charge is -2.24. The number of piperidine rings is 1. The van der Waals surface area contributed by atoms with Crippen molar-refractivity contribution in [2.75, 3.05) is 18.4 Å². The van der Waals surface area contributed by atoms with Gasteiger partial charge in [0.25, 0.3) is 0 Å². The number of pyridine rings is 1. The van der Waals surface area contributed by atoms with Gasteiger partial charge in [-0.2, -0.15) is 5.10 Å². The number of nitrogens with zero attached hydrogens (tertiary/aromatic N) is 6. The summed E-state index contributed by atoms with van der Waals surface area (Å²) in [5.74, 6) is 0.869. The Balaban J connectivity index is 1.44. The molecule has 1 aliphatic heterocycles. The highest BCUT2D eigenvalue weighted by Crippen LogP contribution is 2.24. The van der Waals surface area contributed by atoms with Gasteiger partial charge in [-0.1, -0.05) is 6.07 Å². The van der Waals surface area contributed by atoms with E-state index in [1.807, 2.05) is 41.2 Å². The SMILES string of the molecule is CC(C)(O)Cn1cc(-c2cn3c(-c4cccc(N[C@@H]5CCCNC5)n4)cnc3cn2)cn1. The number of anilines is 1. The monoisotopic (exact) mass is 432 g/mol. The standard InChI is InChI=1S/C23H28N8O/c1-23(2,32)15-30-13-16(9-27-30)19-14-31-20(11-26-22(31)12-25-19)18-6-3-7-21(29-18)28-17-5-4-8-24-10-17/h3,6-7,9,11-14,17,24,32H,4-5,8,10,15H2,1-2H3,(H,28,29)/t17-/m1/s1. The molecule has 0 bridgehead atoms. The molecule has 0 unspecified atom stereocenters. The van der Waals surface area contributed by atoms with Crippen LogP contribution in [0.3, 0.4) is 0 Å². The second-order valence-electron chi connectivity index (χ2n) is 8.98. The van der Waals surface area contributed by atoms with Gasteiger partial charge in [0.15, 0.2) is 5.65 Å². The molecule has 1 aliphatic rings. The van der Waals surface area contributed by atoms with Crippen molar-refractivity contribution in [1.29, 1.82) is 0 Å². The maximum Gasteiger partial charge on any atom is 0.155 e. The van der Waals surface area contributed by atoms with E-state index < -0.39 is 5.60 Å². The number of hydrogen-bond acceptors (Lipinski definition) is 7. The zero-order valence-electron chi connectivity index (χ0n) is 18.4. The van der Waals surface area contributed by atoms with Crippen LogP contribution in [0.4, 0.5) is 5.82 Å². The molecule has 3 N–H and O–H groups in total. The van der Waals surface area contributed by atoms with Crippen molar-refractivity contribution in [3.8, 4) is 22.6 Å². The number of hydrogen-bond donors (Lipinski definition) is 3. The van der Waals surface area contributed by atoms with Gasteiger partial charge in [-0.3, -0.25) is 14.1 Å². The van der Waals surface area contributed by atoms with Gasteiger partial charge in [0.05, 0.1) is 47.8 Å². The number of rotatable bonds is 6. The van der Waals surface area contributed by atoms with Crippen LogP contribution in [0.25, 0.3) is 28.3 Å². The minimum atomic E-state index is -0.837. The first-order chi connectivity index (χ1) is 15.4.